The first-order chi connectivity index (χ1) is 12.0. The fraction of sp³-hybridized carbons (Fsp3) is 0.900. The molecule has 0 radical (unpaired) electrons. The van der Waals surface area contributed by atoms with Gasteiger partial charge in [0.15, 0.2) is 16.6 Å². The maximum Gasteiger partial charge on any atom is 0.192 e. The molecule has 0 bridgehead atoms. The summed E-state index contributed by atoms with van der Waals surface area (Å²) in [6.07, 6.45) is 0.582. The van der Waals surface area contributed by atoms with Gasteiger partial charge in [-0.3, -0.25) is 0 Å². The molecule has 1 heterocycles. The maximum absolute atomic E-state index is 10.4. The van der Waals surface area contributed by atoms with E-state index in [1.807, 2.05) is 0 Å². The zero-order valence-electron chi connectivity index (χ0n) is 19.0. The molecule has 1 aliphatic heterocycles. The maximum atomic E-state index is 10.4. The minimum absolute atomic E-state index is 0.0862. The Labute approximate surface area is 168 Å². The van der Waals surface area contributed by atoms with E-state index in [4.69, 9.17) is 13.6 Å². The van der Waals surface area contributed by atoms with Gasteiger partial charge < -0.3 is 23.8 Å². The smallest absolute Gasteiger partial charge is 0.192 e. The molecule has 1 rings (SSSR count). The number of rotatable bonds is 6. The summed E-state index contributed by atoms with van der Waals surface area (Å²) in [5.41, 5.74) is 0. The van der Waals surface area contributed by atoms with Crippen LogP contribution in [0.15, 0.2) is 12.2 Å². The second kappa shape index (κ2) is 8.77. The molecule has 0 aromatic rings. The highest BCUT2D eigenvalue weighted by Gasteiger charge is 2.41. The molecule has 7 heteroatoms. The zero-order valence-corrected chi connectivity index (χ0v) is 21.0. The molecule has 0 fully saturated rings. The molecule has 0 saturated heterocycles. The van der Waals surface area contributed by atoms with E-state index in [0.29, 0.717) is 13.2 Å². The molecule has 0 saturated carbocycles. The van der Waals surface area contributed by atoms with Crippen molar-refractivity contribution in [3.8, 4) is 0 Å². The normalized spacial score (nSPS) is 28.3. The lowest BCUT2D eigenvalue weighted by Gasteiger charge is -2.39. The van der Waals surface area contributed by atoms with Crippen molar-refractivity contribution in [1.82, 2.24) is 0 Å². The SMILES string of the molecule is CC(C)(C)[Si](C)(C)OC[C@@H]1O[C@H](CO[Si](C)(C)C(C)(C)C)[C@@H](O)C=C[C@H]1O. The number of hydrogen-bond donors (Lipinski definition) is 2. The summed E-state index contributed by atoms with van der Waals surface area (Å²) in [5, 5.41) is 21.0. The highest BCUT2D eigenvalue weighted by Crippen LogP contribution is 2.38. The molecule has 2 N–H and O–H groups in total. The standard InChI is InChI=1S/C20H42O5Si2/c1-19(2,3)26(7,8)23-13-17-15(21)11-12-16(22)18(25-17)14-24-27(9,10)20(4,5)6/h11-12,15-18,21-22H,13-14H2,1-10H3/t15-,16+,17+,18-. The van der Waals surface area contributed by atoms with Gasteiger partial charge in [-0.05, 0) is 36.3 Å². The quantitative estimate of drug-likeness (QED) is 0.502. The second-order valence-corrected chi connectivity index (χ2v) is 20.3. The van der Waals surface area contributed by atoms with Crippen LogP contribution in [-0.2, 0) is 13.6 Å². The Morgan fingerprint density at radius 2 is 1.04 bits per heavy atom. The van der Waals surface area contributed by atoms with Crippen LogP contribution in [0.5, 0.6) is 0 Å². The van der Waals surface area contributed by atoms with Crippen LogP contribution in [-0.4, -0.2) is 64.5 Å². The first kappa shape index (κ1) is 25.0. The van der Waals surface area contributed by atoms with Crippen LogP contribution in [0, 0.1) is 0 Å². The Bertz CT molecular complexity index is 461. The number of aliphatic hydroxyl groups excluding tert-OH is 2. The predicted octanol–water partition coefficient (Wildman–Crippen LogP) is 4.08. The van der Waals surface area contributed by atoms with Crippen LogP contribution in [0.25, 0.3) is 0 Å². The molecular weight excluding hydrogens is 376 g/mol. The fourth-order valence-corrected chi connectivity index (χ4v) is 4.18. The highest BCUT2D eigenvalue weighted by atomic mass is 28.4. The molecule has 27 heavy (non-hydrogen) atoms. The first-order valence-electron chi connectivity index (χ1n) is 9.96. The van der Waals surface area contributed by atoms with E-state index >= 15 is 0 Å². The van der Waals surface area contributed by atoms with Crippen molar-refractivity contribution in [3.05, 3.63) is 12.2 Å². The van der Waals surface area contributed by atoms with Crippen LogP contribution in [0.4, 0.5) is 0 Å². The van der Waals surface area contributed by atoms with Gasteiger partial charge in [0.05, 0.1) is 13.2 Å². The lowest BCUT2D eigenvalue weighted by Crippen LogP contribution is -2.48. The highest BCUT2D eigenvalue weighted by molar-refractivity contribution is 6.74. The van der Waals surface area contributed by atoms with E-state index in [2.05, 4.69) is 67.7 Å². The summed E-state index contributed by atoms with van der Waals surface area (Å²) in [6, 6.07) is 0. The van der Waals surface area contributed by atoms with E-state index < -0.39 is 41.1 Å². The van der Waals surface area contributed by atoms with Gasteiger partial charge >= 0.3 is 0 Å². The van der Waals surface area contributed by atoms with Crippen molar-refractivity contribution >= 4 is 16.6 Å². The van der Waals surface area contributed by atoms with Gasteiger partial charge in [-0.2, -0.15) is 0 Å². The molecule has 0 spiro atoms. The largest absolute Gasteiger partial charge is 0.414 e. The zero-order chi connectivity index (χ0) is 21.3. The van der Waals surface area contributed by atoms with Crippen molar-refractivity contribution in [1.29, 1.82) is 0 Å². The molecule has 0 unspecified atom stereocenters. The van der Waals surface area contributed by atoms with E-state index in [0.717, 1.165) is 0 Å². The van der Waals surface area contributed by atoms with E-state index in [-0.39, 0.29) is 10.1 Å². The third-order valence-corrected chi connectivity index (χ3v) is 15.4. The molecule has 0 aliphatic carbocycles. The summed E-state index contributed by atoms with van der Waals surface area (Å²) in [4.78, 5) is 0. The third-order valence-electron chi connectivity index (χ3n) is 6.45. The van der Waals surface area contributed by atoms with Gasteiger partial charge in [-0.1, -0.05) is 53.7 Å². The average Bonchev–Trinajstić information content (AvgIpc) is 2.61. The van der Waals surface area contributed by atoms with Crippen molar-refractivity contribution < 1.29 is 23.8 Å². The van der Waals surface area contributed by atoms with Crippen LogP contribution >= 0.6 is 0 Å². The first-order valence-corrected chi connectivity index (χ1v) is 15.8. The third kappa shape index (κ3) is 6.77. The summed E-state index contributed by atoms with van der Waals surface area (Å²) in [5.74, 6) is 0. The molecule has 5 nitrogen and oxygen atoms in total. The fourth-order valence-electron chi connectivity index (χ4n) is 2.15. The van der Waals surface area contributed by atoms with Crippen LogP contribution in [0.2, 0.25) is 36.3 Å². The molecular formula is C20H42O5Si2. The summed E-state index contributed by atoms with van der Waals surface area (Å²) in [6.45, 7) is 22.4. The second-order valence-electron chi connectivity index (χ2n) is 10.7. The molecule has 0 aromatic heterocycles. The minimum atomic E-state index is -1.95. The van der Waals surface area contributed by atoms with Gasteiger partial charge in [-0.15, -0.1) is 0 Å². The van der Waals surface area contributed by atoms with Crippen molar-refractivity contribution in [2.75, 3.05) is 13.2 Å². The van der Waals surface area contributed by atoms with Gasteiger partial charge in [-0.25, -0.2) is 0 Å². The summed E-state index contributed by atoms with van der Waals surface area (Å²) < 4.78 is 18.6. The molecule has 160 valence electrons. The van der Waals surface area contributed by atoms with Gasteiger partial charge in [0.25, 0.3) is 0 Å². The number of aliphatic hydroxyl groups is 2. The summed E-state index contributed by atoms with van der Waals surface area (Å²) in [7, 11) is -3.90. The van der Waals surface area contributed by atoms with E-state index in [1.54, 1.807) is 12.2 Å². The van der Waals surface area contributed by atoms with E-state index in [9.17, 15) is 10.2 Å². The average molecular weight is 419 g/mol. The molecule has 0 aromatic carbocycles. The van der Waals surface area contributed by atoms with Crippen molar-refractivity contribution in [2.24, 2.45) is 0 Å². The van der Waals surface area contributed by atoms with Crippen LogP contribution in [0.3, 0.4) is 0 Å². The Morgan fingerprint density at radius 3 is 1.30 bits per heavy atom. The Balaban J connectivity index is 2.80. The van der Waals surface area contributed by atoms with Gasteiger partial charge in [0.1, 0.15) is 24.4 Å². The summed E-state index contributed by atoms with van der Waals surface area (Å²) >= 11 is 0. The van der Waals surface area contributed by atoms with Crippen molar-refractivity contribution in [3.63, 3.8) is 0 Å². The Hall–Kier alpha value is -0.0262. The Morgan fingerprint density at radius 1 is 0.741 bits per heavy atom. The van der Waals surface area contributed by atoms with Crippen LogP contribution < -0.4 is 0 Å². The molecule has 4 atom stereocenters. The van der Waals surface area contributed by atoms with Gasteiger partial charge in [0.2, 0.25) is 0 Å². The number of ether oxygens (including phenoxy) is 1. The lowest BCUT2D eigenvalue weighted by atomic mass is 10.2. The minimum Gasteiger partial charge on any atom is -0.414 e. The predicted molar refractivity (Wildman–Crippen MR) is 116 cm³/mol. The lowest BCUT2D eigenvalue weighted by molar-refractivity contribution is -0.116. The van der Waals surface area contributed by atoms with Crippen LogP contribution in [0.1, 0.15) is 41.5 Å². The monoisotopic (exact) mass is 418 g/mol. The number of hydrogen-bond acceptors (Lipinski definition) is 5. The molecule has 0 amide bonds. The van der Waals surface area contributed by atoms with Gasteiger partial charge in [0, 0.05) is 0 Å². The molecule has 1 aliphatic rings. The topological polar surface area (TPSA) is 68.2 Å². The van der Waals surface area contributed by atoms with Crippen molar-refractivity contribution in [2.45, 2.75) is 102 Å². The van der Waals surface area contributed by atoms with E-state index in [1.165, 1.54) is 0 Å². The Kier molecular flexibility index (Phi) is 8.13.